The third-order valence-corrected chi connectivity index (χ3v) is 3.75. The predicted molar refractivity (Wildman–Crippen MR) is 70.9 cm³/mol. The second-order valence-electron chi connectivity index (χ2n) is 5.03. The summed E-state index contributed by atoms with van der Waals surface area (Å²) in [6.07, 6.45) is 4.03. The molecule has 0 aliphatic carbocycles. The van der Waals surface area contributed by atoms with E-state index in [9.17, 15) is 4.79 Å². The maximum Gasteiger partial charge on any atom is 0.255 e. The van der Waals surface area contributed by atoms with Crippen molar-refractivity contribution < 1.29 is 9.53 Å². The lowest BCUT2D eigenvalue weighted by Crippen LogP contribution is -2.40. The van der Waals surface area contributed by atoms with Gasteiger partial charge in [0.1, 0.15) is 0 Å². The van der Waals surface area contributed by atoms with Gasteiger partial charge in [-0.05, 0) is 31.5 Å². The molecule has 19 heavy (non-hydrogen) atoms. The number of hydrogen-bond acceptors (Lipinski definition) is 4. The van der Waals surface area contributed by atoms with Gasteiger partial charge < -0.3 is 15.0 Å². The van der Waals surface area contributed by atoms with Crippen LogP contribution < -0.4 is 5.32 Å². The van der Waals surface area contributed by atoms with Crippen LogP contribution in [0.2, 0.25) is 0 Å². The monoisotopic (exact) mass is 261 g/mol. The maximum absolute atomic E-state index is 12.2. The van der Waals surface area contributed by atoms with E-state index in [-0.39, 0.29) is 5.91 Å². The summed E-state index contributed by atoms with van der Waals surface area (Å²) in [5.41, 5.74) is 1.71. The Morgan fingerprint density at radius 3 is 2.84 bits per heavy atom. The van der Waals surface area contributed by atoms with Crippen molar-refractivity contribution in [3.05, 3.63) is 29.6 Å². The van der Waals surface area contributed by atoms with Crippen molar-refractivity contribution in [1.82, 2.24) is 15.2 Å². The predicted octanol–water partition coefficient (Wildman–Crippen LogP) is 0.978. The number of carbonyl (C=O) groups is 1. The highest BCUT2D eigenvalue weighted by Gasteiger charge is 2.20. The molecule has 0 spiro atoms. The van der Waals surface area contributed by atoms with Crippen LogP contribution in [0.1, 0.15) is 34.9 Å². The molecule has 5 nitrogen and oxygen atoms in total. The summed E-state index contributed by atoms with van der Waals surface area (Å²) in [4.78, 5) is 18.5. The van der Waals surface area contributed by atoms with Gasteiger partial charge in [0.2, 0.25) is 0 Å². The lowest BCUT2D eigenvalue weighted by molar-refractivity contribution is 0.0302. The summed E-state index contributed by atoms with van der Waals surface area (Å²) in [5, 5.41) is 3.41. The zero-order valence-electron chi connectivity index (χ0n) is 11.0. The molecule has 0 bridgehead atoms. The molecule has 0 radical (unpaired) electrons. The van der Waals surface area contributed by atoms with Crippen LogP contribution in [0.3, 0.4) is 0 Å². The Morgan fingerprint density at radius 2 is 2.21 bits per heavy atom. The van der Waals surface area contributed by atoms with E-state index >= 15 is 0 Å². The van der Waals surface area contributed by atoms with Crippen molar-refractivity contribution >= 4 is 5.91 Å². The maximum atomic E-state index is 12.2. The van der Waals surface area contributed by atoms with Crippen LogP contribution in [0.5, 0.6) is 0 Å². The zero-order valence-corrected chi connectivity index (χ0v) is 11.0. The Bertz CT molecular complexity index is 435. The average molecular weight is 261 g/mol. The van der Waals surface area contributed by atoms with E-state index in [1.807, 2.05) is 17.0 Å². The van der Waals surface area contributed by atoms with E-state index in [4.69, 9.17) is 4.74 Å². The molecule has 1 aromatic heterocycles. The first-order valence-electron chi connectivity index (χ1n) is 6.91. The highest BCUT2D eigenvalue weighted by molar-refractivity contribution is 5.94. The molecule has 2 saturated heterocycles. The SMILES string of the molecule is O=C(c1ccc([C@H]2CCCN2)nc1)N1CCOCC1. The molecule has 1 atom stereocenters. The van der Waals surface area contributed by atoms with Gasteiger partial charge in [-0.15, -0.1) is 0 Å². The summed E-state index contributed by atoms with van der Waals surface area (Å²) >= 11 is 0. The molecule has 0 saturated carbocycles. The van der Waals surface area contributed by atoms with Crippen molar-refractivity contribution in [2.45, 2.75) is 18.9 Å². The molecular weight excluding hydrogens is 242 g/mol. The number of nitrogens with zero attached hydrogens (tertiary/aromatic N) is 2. The van der Waals surface area contributed by atoms with Crippen LogP contribution in [0.25, 0.3) is 0 Å². The zero-order chi connectivity index (χ0) is 13.1. The van der Waals surface area contributed by atoms with E-state index in [0.29, 0.717) is 37.9 Å². The molecule has 1 aromatic rings. The molecule has 102 valence electrons. The summed E-state index contributed by atoms with van der Waals surface area (Å²) in [7, 11) is 0. The van der Waals surface area contributed by atoms with Gasteiger partial charge in [0.05, 0.1) is 24.5 Å². The fraction of sp³-hybridized carbons (Fsp3) is 0.571. The van der Waals surface area contributed by atoms with Crippen LogP contribution in [-0.4, -0.2) is 48.6 Å². The third kappa shape index (κ3) is 2.77. The van der Waals surface area contributed by atoms with Gasteiger partial charge in [0, 0.05) is 25.3 Å². The van der Waals surface area contributed by atoms with E-state index in [1.54, 1.807) is 6.20 Å². The van der Waals surface area contributed by atoms with E-state index in [0.717, 1.165) is 18.7 Å². The first-order chi connectivity index (χ1) is 9.34. The smallest absolute Gasteiger partial charge is 0.255 e. The van der Waals surface area contributed by atoms with Crippen LogP contribution in [-0.2, 0) is 4.74 Å². The molecule has 3 heterocycles. The van der Waals surface area contributed by atoms with Gasteiger partial charge in [-0.25, -0.2) is 0 Å². The minimum atomic E-state index is 0.0572. The lowest BCUT2D eigenvalue weighted by atomic mass is 10.1. The number of nitrogens with one attached hydrogen (secondary N) is 1. The van der Waals surface area contributed by atoms with Gasteiger partial charge in [0.25, 0.3) is 5.91 Å². The van der Waals surface area contributed by atoms with E-state index in [1.165, 1.54) is 6.42 Å². The molecule has 0 aromatic carbocycles. The number of carbonyl (C=O) groups excluding carboxylic acids is 1. The number of ether oxygens (including phenoxy) is 1. The fourth-order valence-electron chi connectivity index (χ4n) is 2.62. The number of pyridine rings is 1. The molecule has 2 aliphatic heterocycles. The molecule has 1 N–H and O–H groups in total. The van der Waals surface area contributed by atoms with Crippen LogP contribution in [0.15, 0.2) is 18.3 Å². The van der Waals surface area contributed by atoms with Gasteiger partial charge in [-0.1, -0.05) is 0 Å². The van der Waals surface area contributed by atoms with Crippen LogP contribution in [0, 0.1) is 0 Å². The largest absolute Gasteiger partial charge is 0.378 e. The normalized spacial score (nSPS) is 23.6. The topological polar surface area (TPSA) is 54.5 Å². The second kappa shape index (κ2) is 5.67. The first kappa shape index (κ1) is 12.6. The van der Waals surface area contributed by atoms with E-state index < -0.39 is 0 Å². The van der Waals surface area contributed by atoms with Crippen LogP contribution in [0.4, 0.5) is 0 Å². The average Bonchev–Trinajstić information content (AvgIpc) is 3.02. The first-order valence-corrected chi connectivity index (χ1v) is 6.91. The van der Waals surface area contributed by atoms with Gasteiger partial charge in [-0.3, -0.25) is 9.78 Å². The van der Waals surface area contributed by atoms with Gasteiger partial charge >= 0.3 is 0 Å². The molecule has 2 fully saturated rings. The summed E-state index contributed by atoms with van der Waals surface area (Å²) in [6, 6.07) is 4.21. The van der Waals surface area contributed by atoms with Gasteiger partial charge in [0.15, 0.2) is 0 Å². The summed E-state index contributed by atoms with van der Waals surface area (Å²) in [6.45, 7) is 3.66. The number of aromatic nitrogens is 1. The molecule has 2 aliphatic rings. The fourth-order valence-corrected chi connectivity index (χ4v) is 2.62. The molecular formula is C14H19N3O2. The van der Waals surface area contributed by atoms with E-state index in [2.05, 4.69) is 10.3 Å². The Hall–Kier alpha value is -1.46. The third-order valence-electron chi connectivity index (χ3n) is 3.75. The Balaban J connectivity index is 1.69. The number of morpholine rings is 1. The van der Waals surface area contributed by atoms with Crippen molar-refractivity contribution in [3.8, 4) is 0 Å². The highest BCUT2D eigenvalue weighted by Crippen LogP contribution is 2.21. The Labute approximate surface area is 113 Å². The number of rotatable bonds is 2. The Morgan fingerprint density at radius 1 is 1.37 bits per heavy atom. The summed E-state index contributed by atoms with van der Waals surface area (Å²) in [5.74, 6) is 0.0572. The highest BCUT2D eigenvalue weighted by atomic mass is 16.5. The number of amides is 1. The minimum Gasteiger partial charge on any atom is -0.378 e. The second-order valence-corrected chi connectivity index (χ2v) is 5.03. The minimum absolute atomic E-state index is 0.0572. The van der Waals surface area contributed by atoms with Crippen molar-refractivity contribution in [2.24, 2.45) is 0 Å². The summed E-state index contributed by atoms with van der Waals surface area (Å²) < 4.78 is 5.25. The van der Waals surface area contributed by atoms with Crippen molar-refractivity contribution in [1.29, 1.82) is 0 Å². The quantitative estimate of drug-likeness (QED) is 0.862. The lowest BCUT2D eigenvalue weighted by Gasteiger charge is -2.26. The molecule has 3 rings (SSSR count). The van der Waals surface area contributed by atoms with Crippen molar-refractivity contribution in [2.75, 3.05) is 32.8 Å². The van der Waals surface area contributed by atoms with Crippen LogP contribution >= 0.6 is 0 Å². The van der Waals surface area contributed by atoms with Gasteiger partial charge in [-0.2, -0.15) is 0 Å². The Kier molecular flexibility index (Phi) is 3.75. The standard InChI is InChI=1S/C14H19N3O2/c18-14(17-6-8-19-9-7-17)11-3-4-13(16-10-11)12-2-1-5-15-12/h3-4,10,12,15H,1-2,5-9H2/t12-/m1/s1. The number of hydrogen-bond donors (Lipinski definition) is 1. The molecule has 0 unspecified atom stereocenters. The molecule has 5 heteroatoms. The molecule has 1 amide bonds. The van der Waals surface area contributed by atoms with Crippen molar-refractivity contribution in [3.63, 3.8) is 0 Å².